The minimum atomic E-state index is -0.514. The zero-order valence-corrected chi connectivity index (χ0v) is 17.4. The van der Waals surface area contributed by atoms with Gasteiger partial charge in [0, 0.05) is 18.1 Å². The van der Waals surface area contributed by atoms with E-state index in [2.05, 4.69) is 15.3 Å². The normalized spacial score (nSPS) is 11.0. The van der Waals surface area contributed by atoms with Crippen LogP contribution in [-0.2, 0) is 12.8 Å². The summed E-state index contributed by atoms with van der Waals surface area (Å²) in [4.78, 5) is 11.0. The molecule has 0 aliphatic heterocycles. The van der Waals surface area contributed by atoms with Crippen LogP contribution in [0.5, 0.6) is 11.5 Å². The molecule has 10 heteroatoms. The Hall–Kier alpha value is -3.53. The Bertz CT molecular complexity index is 1110. The molecule has 9 nitrogen and oxygen atoms in total. The quantitative estimate of drug-likeness (QED) is 0.240. The Kier molecular flexibility index (Phi) is 6.91. The minimum Gasteiger partial charge on any atom is -0.493 e. The van der Waals surface area contributed by atoms with Gasteiger partial charge < -0.3 is 9.47 Å². The van der Waals surface area contributed by atoms with E-state index in [4.69, 9.17) is 21.7 Å². The molecule has 2 aromatic carbocycles. The maximum absolute atomic E-state index is 11.5. The molecule has 0 saturated heterocycles. The standard InChI is InChI=1S/C20H21N5O4S/c1-3-29-19-16(25(26)27)11-15(12-17(19)28-2)13-21-24-18(22-23-20(24)30)10-9-14-7-5-4-6-8-14/h4-8,11-13H,3,9-10H2,1-2H3,(H,23,30)/b21-13-. The van der Waals surface area contributed by atoms with Crippen LogP contribution in [0.25, 0.3) is 0 Å². The Labute approximate surface area is 178 Å². The highest BCUT2D eigenvalue weighted by molar-refractivity contribution is 7.71. The van der Waals surface area contributed by atoms with Gasteiger partial charge in [-0.15, -0.1) is 0 Å². The number of methoxy groups -OCH3 is 1. The maximum atomic E-state index is 11.5. The van der Waals surface area contributed by atoms with Crippen molar-refractivity contribution in [3.05, 3.63) is 74.3 Å². The second kappa shape index (κ2) is 9.79. The van der Waals surface area contributed by atoms with Gasteiger partial charge in [-0.2, -0.15) is 14.9 Å². The molecule has 0 aliphatic carbocycles. The van der Waals surface area contributed by atoms with Gasteiger partial charge in [0.1, 0.15) is 0 Å². The van der Waals surface area contributed by atoms with Crippen molar-refractivity contribution in [3.8, 4) is 11.5 Å². The lowest BCUT2D eigenvalue weighted by Crippen LogP contribution is -2.03. The summed E-state index contributed by atoms with van der Waals surface area (Å²) < 4.78 is 12.5. The molecular weight excluding hydrogens is 406 g/mol. The lowest BCUT2D eigenvalue weighted by Gasteiger charge is -2.10. The number of aryl methyl sites for hydroxylation is 2. The summed E-state index contributed by atoms with van der Waals surface area (Å²) in [7, 11) is 1.43. The molecule has 0 aliphatic rings. The van der Waals surface area contributed by atoms with Gasteiger partial charge in [0.2, 0.25) is 10.5 Å². The van der Waals surface area contributed by atoms with E-state index < -0.39 is 4.92 Å². The minimum absolute atomic E-state index is 0.0885. The first-order chi connectivity index (χ1) is 14.5. The summed E-state index contributed by atoms with van der Waals surface area (Å²) in [6.07, 6.45) is 2.88. The van der Waals surface area contributed by atoms with Crippen molar-refractivity contribution < 1.29 is 14.4 Å². The van der Waals surface area contributed by atoms with Crippen LogP contribution in [-0.4, -0.2) is 39.7 Å². The Balaban J connectivity index is 1.89. The van der Waals surface area contributed by atoms with Crippen LogP contribution >= 0.6 is 12.2 Å². The molecule has 30 heavy (non-hydrogen) atoms. The van der Waals surface area contributed by atoms with E-state index in [-0.39, 0.29) is 23.8 Å². The van der Waals surface area contributed by atoms with Crippen molar-refractivity contribution in [1.82, 2.24) is 14.9 Å². The number of aromatic nitrogens is 3. The predicted molar refractivity (Wildman–Crippen MR) is 115 cm³/mol. The van der Waals surface area contributed by atoms with Gasteiger partial charge in [0.15, 0.2) is 11.6 Å². The molecule has 0 amide bonds. The van der Waals surface area contributed by atoms with Gasteiger partial charge in [-0.3, -0.25) is 15.2 Å². The van der Waals surface area contributed by atoms with E-state index in [0.29, 0.717) is 22.6 Å². The molecule has 1 heterocycles. The van der Waals surface area contributed by atoms with Gasteiger partial charge in [0.25, 0.3) is 0 Å². The highest BCUT2D eigenvalue weighted by atomic mass is 32.1. The molecule has 3 rings (SSSR count). The van der Waals surface area contributed by atoms with Gasteiger partial charge >= 0.3 is 5.69 Å². The molecule has 0 bridgehead atoms. The molecule has 156 valence electrons. The third kappa shape index (κ3) is 4.90. The van der Waals surface area contributed by atoms with E-state index >= 15 is 0 Å². The Morgan fingerprint density at radius 3 is 2.73 bits per heavy atom. The molecule has 0 spiro atoms. The van der Waals surface area contributed by atoms with Crippen LogP contribution in [0.3, 0.4) is 0 Å². The van der Waals surface area contributed by atoms with Crippen LogP contribution in [0.15, 0.2) is 47.6 Å². The Morgan fingerprint density at radius 2 is 2.07 bits per heavy atom. The van der Waals surface area contributed by atoms with E-state index in [9.17, 15) is 10.1 Å². The number of benzene rings is 2. The second-order valence-electron chi connectivity index (χ2n) is 6.25. The van der Waals surface area contributed by atoms with Crippen LogP contribution in [0.4, 0.5) is 5.69 Å². The van der Waals surface area contributed by atoms with Gasteiger partial charge in [-0.1, -0.05) is 30.3 Å². The smallest absolute Gasteiger partial charge is 0.315 e. The monoisotopic (exact) mass is 427 g/mol. The number of H-pyrrole nitrogens is 1. The number of aromatic amines is 1. The summed E-state index contributed by atoms with van der Waals surface area (Å²) in [6.45, 7) is 2.02. The highest BCUT2D eigenvalue weighted by Gasteiger charge is 2.21. The largest absolute Gasteiger partial charge is 0.493 e. The first kappa shape index (κ1) is 21.2. The maximum Gasteiger partial charge on any atom is 0.315 e. The first-order valence-electron chi connectivity index (χ1n) is 9.27. The molecule has 0 unspecified atom stereocenters. The highest BCUT2D eigenvalue weighted by Crippen LogP contribution is 2.37. The summed E-state index contributed by atoms with van der Waals surface area (Å²) in [5.41, 5.74) is 1.45. The lowest BCUT2D eigenvalue weighted by atomic mass is 10.1. The van der Waals surface area contributed by atoms with Crippen molar-refractivity contribution in [1.29, 1.82) is 0 Å². The summed E-state index contributed by atoms with van der Waals surface area (Å²) >= 11 is 5.27. The molecule has 0 atom stereocenters. The topological polar surface area (TPSA) is 108 Å². The molecule has 1 N–H and O–H groups in total. The zero-order chi connectivity index (χ0) is 21.5. The molecule has 0 fully saturated rings. The number of nitro benzene ring substituents is 1. The fraction of sp³-hybridized carbons (Fsp3) is 0.250. The number of rotatable bonds is 9. The fourth-order valence-corrected chi connectivity index (χ4v) is 3.09. The van der Waals surface area contributed by atoms with Crippen LogP contribution < -0.4 is 9.47 Å². The van der Waals surface area contributed by atoms with Crippen LogP contribution in [0, 0.1) is 14.9 Å². The first-order valence-corrected chi connectivity index (χ1v) is 9.68. The molecule has 3 aromatic rings. The van der Waals surface area contributed by atoms with Crippen molar-refractivity contribution in [2.24, 2.45) is 5.10 Å². The number of nitrogens with zero attached hydrogens (tertiary/aromatic N) is 4. The van der Waals surface area contributed by atoms with E-state index in [1.165, 1.54) is 29.6 Å². The average molecular weight is 427 g/mol. The molecule has 1 aromatic heterocycles. The third-order valence-corrected chi connectivity index (χ3v) is 4.55. The molecule has 0 radical (unpaired) electrons. The number of nitro groups is 1. The van der Waals surface area contributed by atoms with E-state index in [1.54, 1.807) is 13.0 Å². The zero-order valence-electron chi connectivity index (χ0n) is 16.6. The number of hydrogen-bond acceptors (Lipinski definition) is 7. The van der Waals surface area contributed by atoms with Crippen molar-refractivity contribution in [3.63, 3.8) is 0 Å². The average Bonchev–Trinajstić information content (AvgIpc) is 3.11. The van der Waals surface area contributed by atoms with Crippen LogP contribution in [0.1, 0.15) is 23.9 Å². The van der Waals surface area contributed by atoms with Crippen LogP contribution in [0.2, 0.25) is 0 Å². The van der Waals surface area contributed by atoms with Gasteiger partial charge in [-0.05, 0) is 37.2 Å². The van der Waals surface area contributed by atoms with Gasteiger partial charge in [0.05, 0.1) is 24.9 Å². The third-order valence-electron chi connectivity index (χ3n) is 4.28. The number of ether oxygens (including phenoxy) is 2. The molecule has 0 saturated carbocycles. The van der Waals surface area contributed by atoms with Crippen molar-refractivity contribution >= 4 is 24.1 Å². The summed E-state index contributed by atoms with van der Waals surface area (Å²) in [5.74, 6) is 1.01. The van der Waals surface area contributed by atoms with E-state index in [0.717, 1.165) is 6.42 Å². The predicted octanol–water partition coefficient (Wildman–Crippen LogP) is 3.92. The lowest BCUT2D eigenvalue weighted by molar-refractivity contribution is -0.385. The fourth-order valence-electron chi connectivity index (χ4n) is 2.89. The SMILES string of the molecule is CCOc1c(OC)cc(/C=N\n2c(CCc3ccccc3)n[nH]c2=S)cc1[N+](=O)[O-]. The van der Waals surface area contributed by atoms with Crippen molar-refractivity contribution in [2.75, 3.05) is 13.7 Å². The second-order valence-corrected chi connectivity index (χ2v) is 6.64. The summed E-state index contributed by atoms with van der Waals surface area (Å²) in [6, 6.07) is 13.0. The molecular formula is C20H21N5O4S. The Morgan fingerprint density at radius 1 is 1.30 bits per heavy atom. The van der Waals surface area contributed by atoms with E-state index in [1.807, 2.05) is 30.3 Å². The summed E-state index contributed by atoms with van der Waals surface area (Å²) in [5, 5.41) is 22.8. The van der Waals surface area contributed by atoms with Gasteiger partial charge in [-0.25, -0.2) is 0 Å². The number of hydrogen-bond donors (Lipinski definition) is 1. The number of nitrogens with one attached hydrogen (secondary N) is 1. The van der Waals surface area contributed by atoms with Crippen molar-refractivity contribution in [2.45, 2.75) is 19.8 Å².